The smallest absolute Gasteiger partial charge is 0.265 e. The summed E-state index contributed by atoms with van der Waals surface area (Å²) in [5.41, 5.74) is 1.33. The Balaban J connectivity index is 1.70. The summed E-state index contributed by atoms with van der Waals surface area (Å²) in [6.45, 7) is 3.50. The van der Waals surface area contributed by atoms with Crippen molar-refractivity contribution in [2.75, 3.05) is 28.0 Å². The maximum atomic E-state index is 13.3. The lowest BCUT2D eigenvalue weighted by Gasteiger charge is -2.22. The van der Waals surface area contributed by atoms with E-state index in [1.165, 1.54) is 17.4 Å². The van der Waals surface area contributed by atoms with Crippen LogP contribution in [0.25, 0.3) is 0 Å². The Kier molecular flexibility index (Phi) is 6.22. The summed E-state index contributed by atoms with van der Waals surface area (Å²) in [5.74, 6) is -0.269. The zero-order chi connectivity index (χ0) is 22.0. The largest absolute Gasteiger partial charge is 0.370 e. The molecule has 0 atom stereocenters. The van der Waals surface area contributed by atoms with E-state index in [0.717, 1.165) is 30.8 Å². The fourth-order valence-electron chi connectivity index (χ4n) is 3.52. The van der Waals surface area contributed by atoms with Crippen molar-refractivity contribution in [3.63, 3.8) is 0 Å². The number of anilines is 3. The summed E-state index contributed by atoms with van der Waals surface area (Å²) in [7, 11) is -3.95. The van der Waals surface area contributed by atoms with Crippen molar-refractivity contribution in [1.82, 2.24) is 0 Å². The molecule has 6 nitrogen and oxygen atoms in total. The van der Waals surface area contributed by atoms with Gasteiger partial charge in [-0.3, -0.25) is 9.52 Å². The minimum Gasteiger partial charge on any atom is -0.370 e. The molecule has 9 heteroatoms. The standard InChI is InChI=1S/C22H22ClN3O3S2/c1-15-8-11-20(30-15)22(27)24-16-9-10-19(26-12-4-5-13-26)21(14-16)31(28,29)25-18-7-3-2-6-17(18)23/h2-3,6-11,14,25H,4-5,12-13H2,1H3,(H,24,27). The number of nitrogens with zero attached hydrogens (tertiary/aromatic N) is 1. The summed E-state index contributed by atoms with van der Waals surface area (Å²) in [4.78, 5) is 16.3. The zero-order valence-electron chi connectivity index (χ0n) is 16.9. The molecule has 1 aliphatic heterocycles. The predicted octanol–water partition coefficient (Wildman–Crippen LogP) is 5.36. The second-order valence-corrected chi connectivity index (χ2v) is 10.7. The summed E-state index contributed by atoms with van der Waals surface area (Å²) in [6.07, 6.45) is 2.02. The van der Waals surface area contributed by atoms with Crippen molar-refractivity contribution >= 4 is 55.9 Å². The van der Waals surface area contributed by atoms with Crippen LogP contribution >= 0.6 is 22.9 Å². The molecule has 3 aromatic rings. The Morgan fingerprint density at radius 1 is 1.06 bits per heavy atom. The Hall–Kier alpha value is -2.55. The van der Waals surface area contributed by atoms with Crippen LogP contribution in [0.5, 0.6) is 0 Å². The van der Waals surface area contributed by atoms with Gasteiger partial charge in [-0.15, -0.1) is 11.3 Å². The number of hydrogen-bond donors (Lipinski definition) is 2. The van der Waals surface area contributed by atoms with Gasteiger partial charge in [-0.2, -0.15) is 0 Å². The van der Waals surface area contributed by atoms with Crippen LogP contribution in [0.3, 0.4) is 0 Å². The Morgan fingerprint density at radius 2 is 1.81 bits per heavy atom. The lowest BCUT2D eigenvalue weighted by molar-refractivity contribution is 0.103. The maximum Gasteiger partial charge on any atom is 0.265 e. The van der Waals surface area contributed by atoms with E-state index in [1.54, 1.807) is 42.5 Å². The molecule has 0 aliphatic carbocycles. The third-order valence-corrected chi connectivity index (χ3v) is 7.76. The minimum atomic E-state index is -3.95. The molecule has 1 saturated heterocycles. The molecule has 1 amide bonds. The van der Waals surface area contributed by atoms with Gasteiger partial charge in [0.15, 0.2) is 0 Å². The van der Waals surface area contributed by atoms with E-state index in [0.29, 0.717) is 27.0 Å². The first kappa shape index (κ1) is 21.7. The van der Waals surface area contributed by atoms with Gasteiger partial charge in [0.1, 0.15) is 4.90 Å². The average Bonchev–Trinajstić information content (AvgIpc) is 3.41. The third kappa shape index (κ3) is 4.87. The number of nitrogens with one attached hydrogen (secondary N) is 2. The average molecular weight is 476 g/mol. The summed E-state index contributed by atoms with van der Waals surface area (Å²) < 4.78 is 29.3. The number of para-hydroxylation sites is 1. The fraction of sp³-hybridized carbons (Fsp3) is 0.227. The molecule has 2 N–H and O–H groups in total. The van der Waals surface area contributed by atoms with Gasteiger partial charge in [-0.1, -0.05) is 23.7 Å². The quantitative estimate of drug-likeness (QED) is 0.502. The molecule has 4 rings (SSSR count). The number of rotatable bonds is 6. The number of carbonyl (C=O) groups excluding carboxylic acids is 1. The van der Waals surface area contributed by atoms with Crippen LogP contribution in [0.4, 0.5) is 17.1 Å². The Morgan fingerprint density at radius 3 is 2.48 bits per heavy atom. The van der Waals surface area contributed by atoms with Gasteiger partial charge in [0.05, 0.1) is 21.3 Å². The van der Waals surface area contributed by atoms with Crippen molar-refractivity contribution in [2.24, 2.45) is 0 Å². The molecule has 31 heavy (non-hydrogen) atoms. The van der Waals surface area contributed by atoms with Gasteiger partial charge in [0, 0.05) is 23.7 Å². The van der Waals surface area contributed by atoms with Crippen molar-refractivity contribution in [3.05, 3.63) is 69.4 Å². The van der Waals surface area contributed by atoms with Gasteiger partial charge in [0.2, 0.25) is 0 Å². The lowest BCUT2D eigenvalue weighted by atomic mass is 10.2. The Bertz CT molecular complexity index is 1220. The molecule has 1 aromatic heterocycles. The van der Waals surface area contributed by atoms with Crippen LogP contribution < -0.4 is 14.9 Å². The number of thiophene rings is 1. The summed E-state index contributed by atoms with van der Waals surface area (Å²) in [5, 5.41) is 3.12. The van der Waals surface area contributed by atoms with Gasteiger partial charge in [0.25, 0.3) is 15.9 Å². The molecule has 1 aliphatic rings. The first-order chi connectivity index (χ1) is 14.8. The highest BCUT2D eigenvalue weighted by Crippen LogP contribution is 2.33. The molecule has 1 fully saturated rings. The molecule has 2 heterocycles. The van der Waals surface area contributed by atoms with Gasteiger partial charge >= 0.3 is 0 Å². The van der Waals surface area contributed by atoms with E-state index in [1.807, 2.05) is 13.0 Å². The monoisotopic (exact) mass is 475 g/mol. The topological polar surface area (TPSA) is 78.5 Å². The van der Waals surface area contributed by atoms with E-state index < -0.39 is 10.0 Å². The molecule has 162 valence electrons. The highest BCUT2D eigenvalue weighted by atomic mass is 35.5. The van der Waals surface area contributed by atoms with E-state index in [-0.39, 0.29) is 10.8 Å². The molecule has 0 unspecified atom stereocenters. The van der Waals surface area contributed by atoms with Gasteiger partial charge in [-0.25, -0.2) is 8.42 Å². The van der Waals surface area contributed by atoms with E-state index in [4.69, 9.17) is 11.6 Å². The second-order valence-electron chi connectivity index (χ2n) is 7.33. The van der Waals surface area contributed by atoms with Crippen LogP contribution in [0.15, 0.2) is 59.5 Å². The first-order valence-electron chi connectivity index (χ1n) is 9.88. The SMILES string of the molecule is Cc1ccc(C(=O)Nc2ccc(N3CCCC3)c(S(=O)(=O)Nc3ccccc3Cl)c2)s1. The van der Waals surface area contributed by atoms with Crippen LogP contribution in [0, 0.1) is 6.92 Å². The van der Waals surface area contributed by atoms with Crippen LogP contribution in [-0.2, 0) is 10.0 Å². The first-order valence-corrected chi connectivity index (χ1v) is 12.6. The maximum absolute atomic E-state index is 13.3. The number of amides is 1. The highest BCUT2D eigenvalue weighted by molar-refractivity contribution is 7.93. The fourth-order valence-corrected chi connectivity index (χ4v) is 5.85. The summed E-state index contributed by atoms with van der Waals surface area (Å²) >= 11 is 7.55. The van der Waals surface area contributed by atoms with E-state index in [9.17, 15) is 13.2 Å². The van der Waals surface area contributed by atoms with Crippen molar-refractivity contribution < 1.29 is 13.2 Å². The number of benzene rings is 2. The van der Waals surface area contributed by atoms with Crippen LogP contribution in [0.2, 0.25) is 5.02 Å². The van der Waals surface area contributed by atoms with Crippen molar-refractivity contribution in [1.29, 1.82) is 0 Å². The number of aryl methyl sites for hydroxylation is 1. The number of sulfonamides is 1. The number of halogens is 1. The predicted molar refractivity (Wildman–Crippen MR) is 127 cm³/mol. The molecule has 0 saturated carbocycles. The second kappa shape index (κ2) is 8.90. The number of carbonyl (C=O) groups is 1. The molecule has 0 radical (unpaired) electrons. The molecule has 0 bridgehead atoms. The minimum absolute atomic E-state index is 0.106. The zero-order valence-corrected chi connectivity index (χ0v) is 19.3. The normalized spacial score (nSPS) is 13.9. The number of hydrogen-bond acceptors (Lipinski definition) is 5. The van der Waals surface area contributed by atoms with Crippen molar-refractivity contribution in [3.8, 4) is 0 Å². The summed E-state index contributed by atoms with van der Waals surface area (Å²) in [6, 6.07) is 15.3. The molecular formula is C22H22ClN3O3S2. The van der Waals surface area contributed by atoms with Crippen LogP contribution in [0.1, 0.15) is 27.4 Å². The lowest BCUT2D eigenvalue weighted by Crippen LogP contribution is -2.23. The van der Waals surface area contributed by atoms with Crippen molar-refractivity contribution in [2.45, 2.75) is 24.7 Å². The molecule has 0 spiro atoms. The van der Waals surface area contributed by atoms with Gasteiger partial charge in [-0.05, 0) is 62.2 Å². The van der Waals surface area contributed by atoms with Crippen LogP contribution in [-0.4, -0.2) is 27.4 Å². The van der Waals surface area contributed by atoms with E-state index >= 15 is 0 Å². The highest BCUT2D eigenvalue weighted by Gasteiger charge is 2.25. The molecular weight excluding hydrogens is 454 g/mol. The van der Waals surface area contributed by atoms with Gasteiger partial charge < -0.3 is 10.2 Å². The molecule has 2 aromatic carbocycles. The third-order valence-electron chi connectivity index (χ3n) is 5.04. The van der Waals surface area contributed by atoms with E-state index in [2.05, 4.69) is 14.9 Å². The Labute approximate surface area is 190 Å².